The van der Waals surface area contributed by atoms with Crippen molar-refractivity contribution < 1.29 is 14.4 Å². The minimum absolute atomic E-state index is 0.300. The third-order valence-corrected chi connectivity index (χ3v) is 5.99. The molecule has 6 heteroatoms. The molecule has 3 amide bonds. The number of nitrogens with zero attached hydrogens (tertiary/aromatic N) is 2. The van der Waals surface area contributed by atoms with Crippen LogP contribution in [0.15, 0.2) is 97.1 Å². The molecule has 0 aliphatic carbocycles. The first-order chi connectivity index (χ1) is 16.6. The van der Waals surface area contributed by atoms with Gasteiger partial charge in [0, 0.05) is 27.6 Å². The van der Waals surface area contributed by atoms with Gasteiger partial charge in [0.05, 0.1) is 11.2 Å². The van der Waals surface area contributed by atoms with Gasteiger partial charge < -0.3 is 5.32 Å². The summed E-state index contributed by atoms with van der Waals surface area (Å²) in [6.07, 6.45) is 0. The van der Waals surface area contributed by atoms with E-state index in [1.807, 2.05) is 54.6 Å². The fraction of sp³-hybridized carbons (Fsp3) is 0. The molecule has 0 spiro atoms. The van der Waals surface area contributed by atoms with Crippen molar-refractivity contribution in [2.45, 2.75) is 0 Å². The van der Waals surface area contributed by atoms with Crippen LogP contribution in [0.4, 0.5) is 11.4 Å². The van der Waals surface area contributed by atoms with Crippen LogP contribution < -0.4 is 10.2 Å². The Bertz CT molecular complexity index is 1590. The fourth-order valence-corrected chi connectivity index (χ4v) is 4.35. The number of carbonyl (C=O) groups excluding carboxylic acids is 3. The molecular formula is C28H17N3O3. The van der Waals surface area contributed by atoms with Crippen LogP contribution in [0.3, 0.4) is 0 Å². The standard InChI is InChI=1S/C28H17N3O3/c32-26(24-16-11-17-5-1-2-10-23(17)30-24)29-19-12-14-20(15-13-19)31-27(33)21-8-3-6-18-7-4-9-22(25(18)21)28(31)34/h1-16H,(H,29,32). The number of anilines is 2. The van der Waals surface area contributed by atoms with Crippen LogP contribution in [0, 0.1) is 0 Å². The summed E-state index contributed by atoms with van der Waals surface area (Å²) in [6, 6.07) is 28.6. The van der Waals surface area contributed by atoms with Crippen LogP contribution in [0.1, 0.15) is 31.2 Å². The largest absolute Gasteiger partial charge is 0.321 e. The predicted molar refractivity (Wildman–Crippen MR) is 131 cm³/mol. The summed E-state index contributed by atoms with van der Waals surface area (Å²) in [5, 5.41) is 5.31. The molecule has 0 atom stereocenters. The summed E-state index contributed by atoms with van der Waals surface area (Å²) in [5.74, 6) is -1.08. The van der Waals surface area contributed by atoms with Gasteiger partial charge in [-0.1, -0.05) is 48.5 Å². The molecule has 0 radical (unpaired) electrons. The monoisotopic (exact) mass is 443 g/mol. The molecule has 34 heavy (non-hydrogen) atoms. The predicted octanol–water partition coefficient (Wildman–Crippen LogP) is 5.44. The Morgan fingerprint density at radius 2 is 1.32 bits per heavy atom. The molecule has 0 saturated heterocycles. The van der Waals surface area contributed by atoms with Crippen LogP contribution in [0.25, 0.3) is 21.7 Å². The number of pyridine rings is 1. The van der Waals surface area contributed by atoms with Crippen molar-refractivity contribution in [3.63, 3.8) is 0 Å². The number of para-hydroxylation sites is 1. The summed E-state index contributed by atoms with van der Waals surface area (Å²) in [7, 11) is 0. The second-order valence-corrected chi connectivity index (χ2v) is 8.05. The number of aromatic nitrogens is 1. The van der Waals surface area contributed by atoms with E-state index >= 15 is 0 Å². The highest BCUT2D eigenvalue weighted by Gasteiger charge is 2.33. The Labute approximate surface area is 194 Å². The van der Waals surface area contributed by atoms with E-state index in [4.69, 9.17) is 0 Å². The van der Waals surface area contributed by atoms with Gasteiger partial charge in [-0.2, -0.15) is 0 Å². The summed E-state index contributed by atoms with van der Waals surface area (Å²) < 4.78 is 0. The van der Waals surface area contributed by atoms with Gasteiger partial charge in [0.15, 0.2) is 0 Å². The zero-order valence-electron chi connectivity index (χ0n) is 17.9. The number of fused-ring (bicyclic) bond motifs is 1. The van der Waals surface area contributed by atoms with Crippen LogP contribution >= 0.6 is 0 Å². The van der Waals surface area contributed by atoms with Crippen LogP contribution in [0.2, 0.25) is 0 Å². The van der Waals surface area contributed by atoms with Crippen molar-refractivity contribution in [2.24, 2.45) is 0 Å². The molecule has 2 heterocycles. The Kier molecular flexibility index (Phi) is 4.45. The van der Waals surface area contributed by atoms with Gasteiger partial charge in [-0.3, -0.25) is 14.4 Å². The van der Waals surface area contributed by atoms with Gasteiger partial charge in [-0.15, -0.1) is 0 Å². The highest BCUT2D eigenvalue weighted by atomic mass is 16.2. The lowest BCUT2D eigenvalue weighted by atomic mass is 9.94. The highest BCUT2D eigenvalue weighted by Crippen LogP contribution is 2.33. The summed E-state index contributed by atoms with van der Waals surface area (Å²) in [6.45, 7) is 0. The number of nitrogens with one attached hydrogen (secondary N) is 1. The zero-order valence-corrected chi connectivity index (χ0v) is 17.9. The summed E-state index contributed by atoms with van der Waals surface area (Å²) >= 11 is 0. The third kappa shape index (κ3) is 3.12. The van der Waals surface area contributed by atoms with Gasteiger partial charge in [0.2, 0.25) is 0 Å². The van der Waals surface area contributed by atoms with E-state index in [0.29, 0.717) is 33.6 Å². The average molecular weight is 443 g/mol. The number of amides is 3. The first-order valence-corrected chi connectivity index (χ1v) is 10.8. The topological polar surface area (TPSA) is 79.4 Å². The Balaban J connectivity index is 1.27. The van der Waals surface area contributed by atoms with E-state index in [2.05, 4.69) is 10.3 Å². The number of rotatable bonds is 3. The molecule has 4 aromatic carbocycles. The smallest absolute Gasteiger partial charge is 0.274 e. The lowest BCUT2D eigenvalue weighted by molar-refractivity contribution is 0.0892. The Hall–Kier alpha value is -4.84. The SMILES string of the molecule is O=C(Nc1ccc(N2C(=O)c3cccc4cccc(c34)C2=O)cc1)c1ccc2ccccc2n1. The van der Waals surface area contributed by atoms with Crippen molar-refractivity contribution in [1.82, 2.24) is 4.98 Å². The number of carbonyl (C=O) groups is 3. The molecule has 6 nitrogen and oxygen atoms in total. The first kappa shape index (κ1) is 19.8. The fourth-order valence-electron chi connectivity index (χ4n) is 4.35. The Morgan fingerprint density at radius 3 is 2.03 bits per heavy atom. The van der Waals surface area contributed by atoms with Crippen LogP contribution in [0.5, 0.6) is 0 Å². The molecule has 1 aliphatic heterocycles. The van der Waals surface area contributed by atoms with E-state index in [1.54, 1.807) is 42.5 Å². The van der Waals surface area contributed by atoms with E-state index in [9.17, 15) is 14.4 Å². The molecular weight excluding hydrogens is 426 g/mol. The lowest BCUT2D eigenvalue weighted by Crippen LogP contribution is -2.40. The van der Waals surface area contributed by atoms with E-state index in [1.165, 1.54) is 4.90 Å². The molecule has 0 bridgehead atoms. The van der Waals surface area contributed by atoms with E-state index in [0.717, 1.165) is 16.3 Å². The number of benzene rings is 4. The van der Waals surface area contributed by atoms with Crippen molar-refractivity contribution >= 4 is 50.8 Å². The van der Waals surface area contributed by atoms with Gasteiger partial charge in [0.25, 0.3) is 17.7 Å². The third-order valence-electron chi connectivity index (χ3n) is 5.99. The quantitative estimate of drug-likeness (QED) is 0.377. The molecule has 0 saturated carbocycles. The zero-order chi connectivity index (χ0) is 23.2. The molecule has 1 aliphatic rings. The minimum atomic E-state index is -0.369. The number of hydrogen-bond acceptors (Lipinski definition) is 4. The van der Waals surface area contributed by atoms with E-state index in [-0.39, 0.29) is 17.7 Å². The molecule has 1 N–H and O–H groups in total. The Morgan fingerprint density at radius 1 is 0.676 bits per heavy atom. The summed E-state index contributed by atoms with van der Waals surface area (Å²) in [5.41, 5.74) is 2.99. The molecule has 6 rings (SSSR count). The molecule has 5 aromatic rings. The van der Waals surface area contributed by atoms with E-state index < -0.39 is 0 Å². The first-order valence-electron chi connectivity index (χ1n) is 10.8. The maximum atomic E-state index is 13.2. The van der Waals surface area contributed by atoms with Crippen molar-refractivity contribution in [3.05, 3.63) is 114 Å². The number of hydrogen-bond donors (Lipinski definition) is 1. The maximum Gasteiger partial charge on any atom is 0.274 e. The van der Waals surface area contributed by atoms with Crippen LogP contribution in [-0.2, 0) is 0 Å². The summed E-state index contributed by atoms with van der Waals surface area (Å²) in [4.78, 5) is 44.7. The second-order valence-electron chi connectivity index (χ2n) is 8.05. The molecule has 1 aromatic heterocycles. The van der Waals surface area contributed by atoms with Crippen molar-refractivity contribution in [2.75, 3.05) is 10.2 Å². The minimum Gasteiger partial charge on any atom is -0.321 e. The lowest BCUT2D eigenvalue weighted by Gasteiger charge is -2.27. The number of imide groups is 1. The normalized spacial score (nSPS) is 12.9. The van der Waals surface area contributed by atoms with Gasteiger partial charge in [-0.05, 0) is 53.9 Å². The van der Waals surface area contributed by atoms with Crippen LogP contribution in [-0.4, -0.2) is 22.7 Å². The van der Waals surface area contributed by atoms with Gasteiger partial charge >= 0.3 is 0 Å². The maximum absolute atomic E-state index is 13.2. The van der Waals surface area contributed by atoms with Gasteiger partial charge in [0.1, 0.15) is 5.69 Å². The van der Waals surface area contributed by atoms with Crippen molar-refractivity contribution in [3.8, 4) is 0 Å². The molecule has 0 fully saturated rings. The van der Waals surface area contributed by atoms with Gasteiger partial charge in [-0.25, -0.2) is 9.88 Å². The second kappa shape index (κ2) is 7.64. The van der Waals surface area contributed by atoms with Crippen molar-refractivity contribution in [1.29, 1.82) is 0 Å². The molecule has 0 unspecified atom stereocenters. The highest BCUT2D eigenvalue weighted by molar-refractivity contribution is 6.35. The molecule has 162 valence electrons. The average Bonchev–Trinajstić information content (AvgIpc) is 2.88.